The Morgan fingerprint density at radius 1 is 1.13 bits per heavy atom. The number of likely N-dealkylation sites (tertiary alicyclic amines) is 1. The molecule has 30 heavy (non-hydrogen) atoms. The lowest BCUT2D eigenvalue weighted by molar-refractivity contribution is -0.133. The molecular formula is C22H20FN5OS. The quantitative estimate of drug-likeness (QED) is 0.498. The second-order valence-electron chi connectivity index (χ2n) is 7.47. The number of hydrogen-bond donors (Lipinski definition) is 0. The van der Waals surface area contributed by atoms with Gasteiger partial charge in [-0.15, -0.1) is 10.2 Å². The third kappa shape index (κ3) is 3.59. The molecule has 0 N–H and O–H groups in total. The van der Waals surface area contributed by atoms with Crippen molar-refractivity contribution in [2.45, 2.75) is 25.3 Å². The summed E-state index contributed by atoms with van der Waals surface area (Å²) in [5.41, 5.74) is 2.31. The number of imidazole rings is 1. The van der Waals surface area contributed by atoms with Crippen LogP contribution in [-0.4, -0.2) is 43.6 Å². The van der Waals surface area contributed by atoms with Crippen molar-refractivity contribution in [1.29, 1.82) is 0 Å². The zero-order valence-corrected chi connectivity index (χ0v) is 17.1. The highest BCUT2D eigenvalue weighted by atomic mass is 32.1. The van der Waals surface area contributed by atoms with E-state index in [-0.39, 0.29) is 24.2 Å². The molecule has 1 aliphatic heterocycles. The molecule has 1 amide bonds. The zero-order valence-electron chi connectivity index (χ0n) is 16.2. The number of benzene rings is 2. The van der Waals surface area contributed by atoms with Gasteiger partial charge in [-0.05, 0) is 37.1 Å². The Hall–Kier alpha value is -3.13. The highest BCUT2D eigenvalue weighted by Gasteiger charge is 2.28. The van der Waals surface area contributed by atoms with E-state index in [0.717, 1.165) is 35.4 Å². The van der Waals surface area contributed by atoms with Gasteiger partial charge in [-0.1, -0.05) is 35.6 Å². The van der Waals surface area contributed by atoms with Crippen LogP contribution in [0.1, 0.15) is 23.8 Å². The number of aromatic nitrogens is 4. The van der Waals surface area contributed by atoms with Crippen LogP contribution in [0, 0.1) is 5.82 Å². The first-order valence-electron chi connectivity index (χ1n) is 9.95. The van der Waals surface area contributed by atoms with Gasteiger partial charge in [0.05, 0.1) is 17.4 Å². The van der Waals surface area contributed by atoms with E-state index in [1.54, 1.807) is 24.5 Å². The van der Waals surface area contributed by atoms with Crippen molar-refractivity contribution in [1.82, 2.24) is 24.6 Å². The summed E-state index contributed by atoms with van der Waals surface area (Å²) in [6, 6.07) is 14.4. The maximum Gasteiger partial charge on any atom is 0.242 e. The fourth-order valence-corrected chi connectivity index (χ4v) is 4.93. The van der Waals surface area contributed by atoms with Crippen molar-refractivity contribution in [3.8, 4) is 10.6 Å². The third-order valence-corrected chi connectivity index (χ3v) is 6.62. The molecule has 0 saturated carbocycles. The van der Waals surface area contributed by atoms with Crippen LogP contribution in [0.4, 0.5) is 4.39 Å². The Labute approximate surface area is 177 Å². The molecule has 152 valence electrons. The second kappa shape index (κ2) is 7.95. The number of halogens is 1. The molecule has 0 radical (unpaired) electrons. The minimum Gasteiger partial charge on any atom is -0.340 e. The summed E-state index contributed by atoms with van der Waals surface area (Å²) < 4.78 is 16.0. The molecule has 4 aromatic rings. The van der Waals surface area contributed by atoms with Crippen LogP contribution < -0.4 is 0 Å². The van der Waals surface area contributed by atoms with Crippen LogP contribution >= 0.6 is 11.3 Å². The number of rotatable bonds is 4. The molecule has 1 atom stereocenters. The lowest BCUT2D eigenvalue weighted by atomic mass is 9.99. The molecule has 5 rings (SSSR count). The number of carbonyl (C=O) groups is 1. The van der Waals surface area contributed by atoms with Crippen molar-refractivity contribution < 1.29 is 9.18 Å². The van der Waals surface area contributed by atoms with Gasteiger partial charge < -0.3 is 9.47 Å². The third-order valence-electron chi connectivity index (χ3n) is 5.50. The Bertz CT molecular complexity index is 1200. The average molecular weight is 422 g/mol. The van der Waals surface area contributed by atoms with E-state index in [4.69, 9.17) is 0 Å². The summed E-state index contributed by atoms with van der Waals surface area (Å²) in [6.45, 7) is 1.61. The van der Waals surface area contributed by atoms with Gasteiger partial charge in [0.2, 0.25) is 5.91 Å². The van der Waals surface area contributed by atoms with Gasteiger partial charge in [0.1, 0.15) is 17.4 Å². The molecule has 2 aromatic heterocycles. The van der Waals surface area contributed by atoms with E-state index >= 15 is 0 Å². The first-order chi connectivity index (χ1) is 14.7. The number of fused-ring (bicyclic) bond motifs is 1. The largest absolute Gasteiger partial charge is 0.340 e. The summed E-state index contributed by atoms with van der Waals surface area (Å²) in [7, 11) is 0. The second-order valence-corrected chi connectivity index (χ2v) is 8.47. The topological polar surface area (TPSA) is 63.9 Å². The van der Waals surface area contributed by atoms with E-state index in [1.165, 1.54) is 17.4 Å². The van der Waals surface area contributed by atoms with Crippen LogP contribution in [0.2, 0.25) is 0 Å². The van der Waals surface area contributed by atoms with Crippen LogP contribution in [0.25, 0.3) is 21.6 Å². The molecule has 0 unspecified atom stereocenters. The fourth-order valence-electron chi connectivity index (χ4n) is 3.93. The maximum absolute atomic E-state index is 14.1. The molecule has 1 aliphatic rings. The van der Waals surface area contributed by atoms with Gasteiger partial charge in [-0.2, -0.15) is 0 Å². The standard InChI is InChI=1S/C22H20FN5OS/c23-17-8-2-1-7-16(17)22-26-25-21(30-22)15-6-5-11-27(12-15)20(29)13-28-14-24-18-9-3-4-10-19(18)28/h1-4,7-10,14-15H,5-6,11-13H2/t15-/m1/s1. The van der Waals surface area contributed by atoms with Gasteiger partial charge in [0, 0.05) is 24.6 Å². The molecule has 2 aromatic carbocycles. The average Bonchev–Trinajstić information content (AvgIpc) is 3.42. The zero-order chi connectivity index (χ0) is 20.5. The number of amides is 1. The molecule has 8 heteroatoms. The Morgan fingerprint density at radius 3 is 2.87 bits per heavy atom. The van der Waals surface area contributed by atoms with Gasteiger partial charge in [0.15, 0.2) is 5.01 Å². The van der Waals surface area contributed by atoms with E-state index in [9.17, 15) is 9.18 Å². The predicted molar refractivity (Wildman–Crippen MR) is 114 cm³/mol. The molecule has 1 saturated heterocycles. The minimum atomic E-state index is -0.298. The molecule has 3 heterocycles. The highest BCUT2D eigenvalue weighted by Crippen LogP contribution is 2.33. The molecule has 6 nitrogen and oxygen atoms in total. The number of carbonyl (C=O) groups excluding carboxylic acids is 1. The molecule has 1 fully saturated rings. The summed E-state index contributed by atoms with van der Waals surface area (Å²) in [5.74, 6) is -0.102. The summed E-state index contributed by atoms with van der Waals surface area (Å²) >= 11 is 1.41. The van der Waals surface area contributed by atoms with Crippen molar-refractivity contribution >= 4 is 28.3 Å². The Morgan fingerprint density at radius 2 is 1.97 bits per heavy atom. The van der Waals surface area contributed by atoms with E-state index < -0.39 is 0 Å². The molecular weight excluding hydrogens is 401 g/mol. The van der Waals surface area contributed by atoms with Gasteiger partial charge >= 0.3 is 0 Å². The predicted octanol–water partition coefficient (Wildman–Crippen LogP) is 4.10. The van der Waals surface area contributed by atoms with E-state index in [0.29, 0.717) is 17.1 Å². The maximum atomic E-state index is 14.1. The summed E-state index contributed by atoms with van der Waals surface area (Å²) in [5, 5.41) is 9.96. The van der Waals surface area contributed by atoms with Crippen LogP contribution in [0.15, 0.2) is 54.9 Å². The van der Waals surface area contributed by atoms with Crippen molar-refractivity contribution in [2.75, 3.05) is 13.1 Å². The lowest BCUT2D eigenvalue weighted by Gasteiger charge is -2.31. The Balaban J connectivity index is 1.30. The molecule has 0 aliphatic carbocycles. The summed E-state index contributed by atoms with van der Waals surface area (Å²) in [4.78, 5) is 19.2. The number of para-hydroxylation sites is 2. The van der Waals surface area contributed by atoms with Gasteiger partial charge in [-0.3, -0.25) is 4.79 Å². The number of piperidine rings is 1. The fraction of sp³-hybridized carbons (Fsp3) is 0.273. The smallest absolute Gasteiger partial charge is 0.242 e. The van der Waals surface area contributed by atoms with Gasteiger partial charge in [0.25, 0.3) is 0 Å². The SMILES string of the molecule is O=C(Cn1cnc2ccccc21)N1CCC[C@@H](c2nnc(-c3ccccc3F)s2)C1. The van der Waals surface area contributed by atoms with E-state index in [1.807, 2.05) is 33.7 Å². The minimum absolute atomic E-state index is 0.0710. The first kappa shape index (κ1) is 18.9. The monoisotopic (exact) mass is 421 g/mol. The van der Waals surface area contributed by atoms with Crippen molar-refractivity contribution in [3.05, 3.63) is 65.7 Å². The summed E-state index contributed by atoms with van der Waals surface area (Å²) in [6.07, 6.45) is 3.58. The van der Waals surface area contributed by atoms with Crippen LogP contribution in [-0.2, 0) is 11.3 Å². The number of nitrogens with zero attached hydrogens (tertiary/aromatic N) is 5. The van der Waals surface area contributed by atoms with Crippen LogP contribution in [0.5, 0.6) is 0 Å². The van der Waals surface area contributed by atoms with E-state index in [2.05, 4.69) is 15.2 Å². The van der Waals surface area contributed by atoms with Gasteiger partial charge in [-0.25, -0.2) is 9.37 Å². The molecule has 0 spiro atoms. The van der Waals surface area contributed by atoms with Crippen molar-refractivity contribution in [2.24, 2.45) is 0 Å². The number of hydrogen-bond acceptors (Lipinski definition) is 5. The lowest BCUT2D eigenvalue weighted by Crippen LogP contribution is -2.40. The van der Waals surface area contributed by atoms with Crippen LogP contribution in [0.3, 0.4) is 0 Å². The highest BCUT2D eigenvalue weighted by molar-refractivity contribution is 7.14. The molecule has 0 bridgehead atoms. The normalized spacial score (nSPS) is 16.8. The Kier molecular flexibility index (Phi) is 5.00. The first-order valence-corrected chi connectivity index (χ1v) is 10.8. The van der Waals surface area contributed by atoms with Crippen molar-refractivity contribution in [3.63, 3.8) is 0 Å².